The zero-order chi connectivity index (χ0) is 13.7. The van der Waals surface area contributed by atoms with Crippen LogP contribution in [-0.2, 0) is 0 Å². The topological polar surface area (TPSA) is 33.3 Å². The Bertz CT molecular complexity index is 447. The first-order chi connectivity index (χ1) is 9.19. The van der Waals surface area contributed by atoms with E-state index in [1.807, 2.05) is 0 Å². The molecule has 19 heavy (non-hydrogen) atoms. The molecule has 2 N–H and O–H groups in total. The largest absolute Gasteiger partial charge is 0.497 e. The molecule has 1 saturated carbocycles. The molecule has 1 fully saturated rings. The van der Waals surface area contributed by atoms with Crippen LogP contribution >= 0.6 is 12.2 Å². The lowest BCUT2D eigenvalue weighted by molar-refractivity contribution is 0.413. The monoisotopic (exact) mass is 282 g/mol. The van der Waals surface area contributed by atoms with Crippen molar-refractivity contribution in [2.45, 2.75) is 38.1 Å². The van der Waals surface area contributed by atoms with Crippen LogP contribution in [0.1, 0.15) is 32.1 Å². The minimum absolute atomic E-state index is 0.339. The van der Waals surface area contributed by atoms with Crippen LogP contribution in [0.3, 0.4) is 0 Å². The quantitative estimate of drug-likeness (QED) is 0.832. The molecule has 0 spiro atoms. The van der Waals surface area contributed by atoms with Gasteiger partial charge >= 0.3 is 0 Å². The van der Waals surface area contributed by atoms with Gasteiger partial charge in [-0.25, -0.2) is 4.39 Å². The third-order valence-electron chi connectivity index (χ3n) is 3.36. The zero-order valence-electron chi connectivity index (χ0n) is 11.0. The van der Waals surface area contributed by atoms with Crippen molar-refractivity contribution >= 4 is 23.0 Å². The van der Waals surface area contributed by atoms with E-state index in [4.69, 9.17) is 17.0 Å². The van der Waals surface area contributed by atoms with E-state index in [0.29, 0.717) is 22.6 Å². The molecular weight excluding hydrogens is 263 g/mol. The number of methoxy groups -OCH3 is 1. The number of rotatable bonds is 3. The number of ether oxygens (including phenoxy) is 1. The molecule has 0 saturated heterocycles. The SMILES string of the molecule is COc1ccc(F)c(NC(=S)NC2CCCCC2)c1. The first-order valence-corrected chi connectivity index (χ1v) is 7.01. The van der Waals surface area contributed by atoms with Crippen LogP contribution in [0.4, 0.5) is 10.1 Å². The molecule has 1 aromatic rings. The van der Waals surface area contributed by atoms with Crippen LogP contribution in [0.25, 0.3) is 0 Å². The Morgan fingerprint density at radius 1 is 1.32 bits per heavy atom. The van der Waals surface area contributed by atoms with Gasteiger partial charge in [0.1, 0.15) is 11.6 Å². The Kier molecular flexibility index (Phi) is 4.96. The second-order valence-electron chi connectivity index (χ2n) is 4.78. The maximum atomic E-state index is 13.6. The van der Waals surface area contributed by atoms with E-state index in [1.165, 1.54) is 25.3 Å². The number of nitrogens with one attached hydrogen (secondary N) is 2. The number of anilines is 1. The van der Waals surface area contributed by atoms with Crippen molar-refractivity contribution in [3.63, 3.8) is 0 Å². The fourth-order valence-electron chi connectivity index (χ4n) is 2.32. The van der Waals surface area contributed by atoms with Crippen molar-refractivity contribution in [1.29, 1.82) is 0 Å². The summed E-state index contributed by atoms with van der Waals surface area (Å²) in [5.41, 5.74) is 0.340. The first kappa shape index (κ1) is 14.1. The second kappa shape index (κ2) is 6.70. The number of hydrogen-bond acceptors (Lipinski definition) is 2. The zero-order valence-corrected chi connectivity index (χ0v) is 11.9. The van der Waals surface area contributed by atoms with Crippen molar-refractivity contribution in [3.8, 4) is 5.75 Å². The number of hydrogen-bond donors (Lipinski definition) is 2. The van der Waals surface area contributed by atoms with Gasteiger partial charge in [-0.2, -0.15) is 0 Å². The van der Waals surface area contributed by atoms with E-state index in [0.717, 1.165) is 12.8 Å². The van der Waals surface area contributed by atoms with Crippen molar-refractivity contribution < 1.29 is 9.13 Å². The molecule has 0 atom stereocenters. The van der Waals surface area contributed by atoms with Gasteiger partial charge in [0.25, 0.3) is 0 Å². The van der Waals surface area contributed by atoms with Crippen molar-refractivity contribution in [3.05, 3.63) is 24.0 Å². The van der Waals surface area contributed by atoms with Gasteiger partial charge in [-0.15, -0.1) is 0 Å². The predicted octanol–water partition coefficient (Wildman–Crippen LogP) is 3.45. The minimum atomic E-state index is -0.339. The molecule has 5 heteroatoms. The lowest BCUT2D eigenvalue weighted by Crippen LogP contribution is -2.38. The van der Waals surface area contributed by atoms with E-state index in [-0.39, 0.29) is 5.82 Å². The van der Waals surface area contributed by atoms with Gasteiger partial charge in [-0.3, -0.25) is 0 Å². The number of halogens is 1. The molecule has 0 amide bonds. The molecule has 1 aliphatic carbocycles. The Morgan fingerprint density at radius 3 is 2.74 bits per heavy atom. The van der Waals surface area contributed by atoms with Crippen LogP contribution in [0.5, 0.6) is 5.75 Å². The first-order valence-electron chi connectivity index (χ1n) is 6.60. The Hall–Kier alpha value is -1.36. The fraction of sp³-hybridized carbons (Fsp3) is 0.500. The Labute approximate surface area is 118 Å². The van der Waals surface area contributed by atoms with Crippen molar-refractivity contribution in [1.82, 2.24) is 5.32 Å². The summed E-state index contributed by atoms with van der Waals surface area (Å²) < 4.78 is 18.7. The Balaban J connectivity index is 1.94. The normalized spacial score (nSPS) is 15.9. The summed E-state index contributed by atoms with van der Waals surface area (Å²) in [6.45, 7) is 0. The van der Waals surface area contributed by atoms with Gasteiger partial charge in [0.2, 0.25) is 0 Å². The molecule has 1 aromatic carbocycles. The second-order valence-corrected chi connectivity index (χ2v) is 5.19. The highest BCUT2D eigenvalue weighted by molar-refractivity contribution is 7.80. The average Bonchev–Trinajstić information content (AvgIpc) is 2.42. The summed E-state index contributed by atoms with van der Waals surface area (Å²) in [4.78, 5) is 0. The van der Waals surface area contributed by atoms with Gasteiger partial charge < -0.3 is 15.4 Å². The molecular formula is C14H19FN2OS. The summed E-state index contributed by atoms with van der Waals surface area (Å²) in [5.74, 6) is 0.262. The molecule has 0 aromatic heterocycles. The number of benzene rings is 1. The lowest BCUT2D eigenvalue weighted by Gasteiger charge is -2.24. The van der Waals surface area contributed by atoms with Gasteiger partial charge in [0.05, 0.1) is 12.8 Å². The maximum Gasteiger partial charge on any atom is 0.171 e. The van der Waals surface area contributed by atoms with E-state index in [2.05, 4.69) is 10.6 Å². The van der Waals surface area contributed by atoms with Gasteiger partial charge in [0, 0.05) is 12.1 Å². The average molecular weight is 282 g/mol. The van der Waals surface area contributed by atoms with Crippen molar-refractivity contribution in [2.24, 2.45) is 0 Å². The van der Waals surface area contributed by atoms with Crippen molar-refractivity contribution in [2.75, 3.05) is 12.4 Å². The summed E-state index contributed by atoms with van der Waals surface area (Å²) in [6, 6.07) is 4.95. The Morgan fingerprint density at radius 2 is 2.05 bits per heavy atom. The minimum Gasteiger partial charge on any atom is -0.497 e. The molecule has 0 unspecified atom stereocenters. The molecule has 1 aliphatic rings. The number of thiocarbonyl (C=S) groups is 1. The van der Waals surface area contributed by atoms with Gasteiger partial charge in [-0.05, 0) is 37.2 Å². The van der Waals surface area contributed by atoms with Crippen LogP contribution in [0.15, 0.2) is 18.2 Å². The van der Waals surface area contributed by atoms with Crippen LogP contribution < -0.4 is 15.4 Å². The highest BCUT2D eigenvalue weighted by Crippen LogP contribution is 2.21. The maximum absolute atomic E-state index is 13.6. The van der Waals surface area contributed by atoms with E-state index >= 15 is 0 Å². The van der Waals surface area contributed by atoms with Gasteiger partial charge in [0.15, 0.2) is 5.11 Å². The van der Waals surface area contributed by atoms with Gasteiger partial charge in [-0.1, -0.05) is 19.3 Å². The van der Waals surface area contributed by atoms with Crippen LogP contribution in [-0.4, -0.2) is 18.3 Å². The third-order valence-corrected chi connectivity index (χ3v) is 3.58. The predicted molar refractivity (Wildman–Crippen MR) is 79.2 cm³/mol. The molecule has 0 heterocycles. The molecule has 0 radical (unpaired) electrons. The van der Waals surface area contributed by atoms with Crippen LogP contribution in [0, 0.1) is 5.82 Å². The standard InChI is InChI=1S/C14H19FN2OS/c1-18-11-7-8-12(15)13(9-11)17-14(19)16-10-5-3-2-4-6-10/h7-10H,2-6H2,1H3,(H2,16,17,19). The highest BCUT2D eigenvalue weighted by Gasteiger charge is 2.14. The van der Waals surface area contributed by atoms with E-state index in [9.17, 15) is 4.39 Å². The fourth-order valence-corrected chi connectivity index (χ4v) is 2.59. The molecule has 0 aliphatic heterocycles. The third kappa shape index (κ3) is 4.06. The van der Waals surface area contributed by atoms with E-state index < -0.39 is 0 Å². The smallest absolute Gasteiger partial charge is 0.171 e. The molecule has 0 bridgehead atoms. The highest BCUT2D eigenvalue weighted by atomic mass is 32.1. The summed E-state index contributed by atoms with van der Waals surface area (Å²) in [7, 11) is 1.55. The summed E-state index contributed by atoms with van der Waals surface area (Å²) >= 11 is 5.23. The summed E-state index contributed by atoms with van der Waals surface area (Å²) in [5, 5.41) is 6.61. The summed E-state index contributed by atoms with van der Waals surface area (Å²) in [6.07, 6.45) is 6.01. The molecule has 2 rings (SSSR count). The lowest BCUT2D eigenvalue weighted by atomic mass is 9.96. The van der Waals surface area contributed by atoms with Crippen LogP contribution in [0.2, 0.25) is 0 Å². The van der Waals surface area contributed by atoms with E-state index in [1.54, 1.807) is 19.2 Å². The molecule has 104 valence electrons. The molecule has 3 nitrogen and oxygen atoms in total.